The van der Waals surface area contributed by atoms with E-state index in [4.69, 9.17) is 5.73 Å². The molecule has 0 aliphatic rings. The number of hydrogen-bond donors (Lipinski definition) is 2. The van der Waals surface area contributed by atoms with Crippen molar-refractivity contribution in [2.24, 2.45) is 17.6 Å². The van der Waals surface area contributed by atoms with Crippen molar-refractivity contribution in [2.45, 2.75) is 27.2 Å². The molecule has 0 radical (unpaired) electrons. The number of hydrogen-bond acceptors (Lipinski definition) is 4. The summed E-state index contributed by atoms with van der Waals surface area (Å²) < 4.78 is 23.1. The van der Waals surface area contributed by atoms with Crippen molar-refractivity contribution >= 4 is 15.7 Å². The summed E-state index contributed by atoms with van der Waals surface area (Å²) in [6, 6.07) is 0. The molecule has 3 N–H and O–H groups in total. The van der Waals surface area contributed by atoms with Gasteiger partial charge in [0, 0.05) is 13.0 Å². The van der Waals surface area contributed by atoms with Gasteiger partial charge >= 0.3 is 0 Å². The third-order valence-corrected chi connectivity index (χ3v) is 4.28. The quantitative estimate of drug-likeness (QED) is 0.653. The van der Waals surface area contributed by atoms with E-state index in [0.717, 1.165) is 0 Å². The first kappa shape index (κ1) is 16.4. The van der Waals surface area contributed by atoms with Crippen molar-refractivity contribution in [3.05, 3.63) is 0 Å². The van der Waals surface area contributed by atoms with Crippen LogP contribution in [0.4, 0.5) is 0 Å². The van der Waals surface area contributed by atoms with Crippen molar-refractivity contribution < 1.29 is 13.2 Å². The van der Waals surface area contributed by atoms with Gasteiger partial charge in [-0.3, -0.25) is 4.79 Å². The molecule has 6 heteroatoms. The summed E-state index contributed by atoms with van der Waals surface area (Å²) in [5, 5.41) is 2.68. The van der Waals surface area contributed by atoms with Crippen LogP contribution < -0.4 is 11.1 Å². The lowest BCUT2D eigenvalue weighted by Gasteiger charge is -2.10. The minimum absolute atomic E-state index is 0.0341. The van der Waals surface area contributed by atoms with Crippen LogP contribution in [0, 0.1) is 11.8 Å². The lowest BCUT2D eigenvalue weighted by Crippen LogP contribution is -2.32. The molecule has 0 aliphatic carbocycles. The molecule has 102 valence electrons. The van der Waals surface area contributed by atoms with Gasteiger partial charge in [0.2, 0.25) is 5.91 Å². The van der Waals surface area contributed by atoms with Gasteiger partial charge in [0.25, 0.3) is 0 Å². The van der Waals surface area contributed by atoms with Crippen LogP contribution in [0.2, 0.25) is 0 Å². The van der Waals surface area contributed by atoms with Gasteiger partial charge in [0.05, 0.1) is 11.5 Å². The highest BCUT2D eigenvalue weighted by atomic mass is 32.2. The zero-order valence-corrected chi connectivity index (χ0v) is 11.7. The molecular weight excluding hydrogens is 240 g/mol. The van der Waals surface area contributed by atoms with Crippen molar-refractivity contribution in [3.8, 4) is 0 Å². The first-order chi connectivity index (χ1) is 7.76. The first-order valence-corrected chi connectivity index (χ1v) is 7.76. The van der Waals surface area contributed by atoms with E-state index in [1.54, 1.807) is 0 Å². The highest BCUT2D eigenvalue weighted by Gasteiger charge is 2.15. The van der Waals surface area contributed by atoms with Crippen LogP contribution in [0.3, 0.4) is 0 Å². The van der Waals surface area contributed by atoms with E-state index in [-0.39, 0.29) is 35.7 Å². The zero-order valence-electron chi connectivity index (χ0n) is 10.9. The molecule has 1 amide bonds. The minimum Gasteiger partial charge on any atom is -0.356 e. The number of nitrogens with one attached hydrogen (secondary N) is 1. The van der Waals surface area contributed by atoms with Crippen LogP contribution in [-0.4, -0.2) is 38.9 Å². The Balaban J connectivity index is 3.92. The Kier molecular flexibility index (Phi) is 7.38. The molecule has 0 aromatic carbocycles. The molecule has 0 fully saturated rings. The van der Waals surface area contributed by atoms with Gasteiger partial charge in [-0.05, 0) is 18.4 Å². The number of rotatable bonds is 8. The molecule has 0 bridgehead atoms. The molecule has 0 saturated heterocycles. The average Bonchev–Trinajstić information content (AvgIpc) is 2.21. The molecule has 0 spiro atoms. The van der Waals surface area contributed by atoms with Crippen LogP contribution in [-0.2, 0) is 14.6 Å². The van der Waals surface area contributed by atoms with E-state index in [1.807, 2.05) is 20.8 Å². The van der Waals surface area contributed by atoms with Crippen LogP contribution in [0.5, 0.6) is 0 Å². The van der Waals surface area contributed by atoms with Gasteiger partial charge in [0.1, 0.15) is 0 Å². The highest BCUT2D eigenvalue weighted by molar-refractivity contribution is 7.91. The Hall–Kier alpha value is -0.620. The summed E-state index contributed by atoms with van der Waals surface area (Å²) >= 11 is 0. The Morgan fingerprint density at radius 2 is 1.88 bits per heavy atom. The molecule has 1 atom stereocenters. The molecule has 17 heavy (non-hydrogen) atoms. The lowest BCUT2D eigenvalue weighted by atomic mass is 10.2. The Labute approximate surface area is 104 Å². The maximum absolute atomic E-state index is 11.5. The predicted molar refractivity (Wildman–Crippen MR) is 69.3 cm³/mol. The fourth-order valence-electron chi connectivity index (χ4n) is 1.30. The van der Waals surface area contributed by atoms with E-state index in [2.05, 4.69) is 5.32 Å². The van der Waals surface area contributed by atoms with Gasteiger partial charge in [-0.2, -0.15) is 0 Å². The molecule has 0 aliphatic heterocycles. The van der Waals surface area contributed by atoms with Crippen LogP contribution in [0.15, 0.2) is 0 Å². The molecule has 0 heterocycles. The SMILES string of the molecule is CC(C)CS(=O)(=O)CCC(=O)NCC(C)CN. The molecular formula is C11H24N2O3S. The molecule has 0 rings (SSSR count). The lowest BCUT2D eigenvalue weighted by molar-refractivity contribution is -0.120. The van der Waals surface area contributed by atoms with Gasteiger partial charge in [-0.25, -0.2) is 8.42 Å². The van der Waals surface area contributed by atoms with Crippen molar-refractivity contribution in [1.29, 1.82) is 0 Å². The molecule has 0 aromatic rings. The van der Waals surface area contributed by atoms with Crippen molar-refractivity contribution in [1.82, 2.24) is 5.32 Å². The van der Waals surface area contributed by atoms with Gasteiger partial charge in [0.15, 0.2) is 9.84 Å². The number of nitrogens with two attached hydrogens (primary N) is 1. The molecule has 0 aromatic heterocycles. The first-order valence-electron chi connectivity index (χ1n) is 5.94. The fourth-order valence-corrected chi connectivity index (χ4v) is 2.98. The van der Waals surface area contributed by atoms with Crippen molar-refractivity contribution in [2.75, 3.05) is 24.6 Å². The smallest absolute Gasteiger partial charge is 0.221 e. The van der Waals surface area contributed by atoms with E-state index in [9.17, 15) is 13.2 Å². The summed E-state index contributed by atoms with van der Waals surface area (Å²) in [5.41, 5.74) is 5.41. The maximum atomic E-state index is 11.5. The largest absolute Gasteiger partial charge is 0.356 e. The zero-order chi connectivity index (χ0) is 13.5. The Morgan fingerprint density at radius 3 is 2.35 bits per heavy atom. The highest BCUT2D eigenvalue weighted by Crippen LogP contribution is 2.02. The maximum Gasteiger partial charge on any atom is 0.221 e. The van der Waals surface area contributed by atoms with Gasteiger partial charge < -0.3 is 11.1 Å². The van der Waals surface area contributed by atoms with E-state index >= 15 is 0 Å². The molecule has 0 saturated carbocycles. The average molecular weight is 264 g/mol. The number of sulfone groups is 1. The summed E-state index contributed by atoms with van der Waals surface area (Å²) in [4.78, 5) is 11.4. The Morgan fingerprint density at radius 1 is 1.29 bits per heavy atom. The third kappa shape index (κ3) is 9.12. The third-order valence-electron chi connectivity index (χ3n) is 2.28. The van der Waals surface area contributed by atoms with E-state index in [1.165, 1.54) is 0 Å². The van der Waals surface area contributed by atoms with Gasteiger partial charge in [-0.15, -0.1) is 0 Å². The van der Waals surface area contributed by atoms with Gasteiger partial charge in [-0.1, -0.05) is 20.8 Å². The predicted octanol–water partition coefficient (Wildman–Crippen LogP) is 0.158. The Bertz CT molecular complexity index is 326. The van der Waals surface area contributed by atoms with Crippen molar-refractivity contribution in [3.63, 3.8) is 0 Å². The minimum atomic E-state index is -3.11. The van der Waals surface area contributed by atoms with E-state index < -0.39 is 9.84 Å². The summed E-state index contributed by atoms with van der Waals surface area (Å²) in [5.74, 6) is 0.150. The molecule has 1 unspecified atom stereocenters. The summed E-state index contributed by atoms with van der Waals surface area (Å²) in [6.07, 6.45) is 0.0341. The fraction of sp³-hybridized carbons (Fsp3) is 0.909. The van der Waals surface area contributed by atoms with Crippen LogP contribution >= 0.6 is 0 Å². The standard InChI is InChI=1S/C11H24N2O3S/c1-9(2)8-17(15,16)5-4-11(14)13-7-10(3)6-12/h9-10H,4-8,12H2,1-3H3,(H,13,14). The second-order valence-electron chi connectivity index (χ2n) is 4.90. The second kappa shape index (κ2) is 7.66. The summed E-state index contributed by atoms with van der Waals surface area (Å²) in [6.45, 7) is 6.63. The summed E-state index contributed by atoms with van der Waals surface area (Å²) in [7, 11) is -3.11. The topological polar surface area (TPSA) is 89.3 Å². The molecule has 5 nitrogen and oxygen atoms in total. The number of carbonyl (C=O) groups excluding carboxylic acids is 1. The normalized spacial score (nSPS) is 13.7. The monoisotopic (exact) mass is 264 g/mol. The van der Waals surface area contributed by atoms with Crippen LogP contribution in [0.25, 0.3) is 0 Å². The second-order valence-corrected chi connectivity index (χ2v) is 7.13. The van der Waals surface area contributed by atoms with Crippen LogP contribution in [0.1, 0.15) is 27.2 Å². The van der Waals surface area contributed by atoms with E-state index in [0.29, 0.717) is 13.1 Å². The number of amides is 1. The number of carbonyl (C=O) groups is 1.